The highest BCUT2D eigenvalue weighted by Crippen LogP contribution is 2.34. The molecule has 2 unspecified atom stereocenters. The molecule has 34 heavy (non-hydrogen) atoms. The van der Waals surface area contributed by atoms with Gasteiger partial charge >= 0.3 is 5.97 Å². The Bertz CT molecular complexity index is 1120. The van der Waals surface area contributed by atoms with E-state index in [0.717, 1.165) is 12.8 Å². The van der Waals surface area contributed by atoms with Crippen LogP contribution in [-0.2, 0) is 9.53 Å². The Morgan fingerprint density at radius 1 is 1.00 bits per heavy atom. The number of fused-ring (bicyclic) bond motifs is 1. The summed E-state index contributed by atoms with van der Waals surface area (Å²) in [6.45, 7) is 4.20. The molecule has 1 saturated carbocycles. The maximum absolute atomic E-state index is 12.3. The van der Waals surface area contributed by atoms with E-state index in [1.807, 2.05) is 12.1 Å². The predicted molar refractivity (Wildman–Crippen MR) is 136 cm³/mol. The molecule has 3 aromatic rings. The van der Waals surface area contributed by atoms with E-state index in [1.165, 1.54) is 34.7 Å². The summed E-state index contributed by atoms with van der Waals surface area (Å²) in [7, 11) is 0. The van der Waals surface area contributed by atoms with Crippen molar-refractivity contribution < 1.29 is 14.3 Å². The zero-order valence-electron chi connectivity index (χ0n) is 20.1. The van der Waals surface area contributed by atoms with E-state index in [1.54, 1.807) is 6.92 Å². The van der Waals surface area contributed by atoms with Crippen molar-refractivity contribution >= 4 is 22.6 Å². The minimum absolute atomic E-state index is 0.112. The van der Waals surface area contributed by atoms with Crippen LogP contribution in [0.25, 0.3) is 10.8 Å². The number of carbonyl (C=O) groups excluding carboxylic acids is 2. The first-order chi connectivity index (χ1) is 16.5. The van der Waals surface area contributed by atoms with Crippen molar-refractivity contribution in [2.45, 2.75) is 57.5 Å². The Kier molecular flexibility index (Phi) is 7.96. The minimum atomic E-state index is -0.425. The maximum atomic E-state index is 12.3. The normalized spacial score (nSPS) is 18.9. The smallest absolute Gasteiger partial charge is 0.325 e. The lowest BCUT2D eigenvalue weighted by Crippen LogP contribution is -2.35. The molecule has 0 radical (unpaired) electrons. The lowest BCUT2D eigenvalue weighted by Gasteiger charge is -2.32. The van der Waals surface area contributed by atoms with Crippen LogP contribution in [0.3, 0.4) is 0 Å². The van der Waals surface area contributed by atoms with Gasteiger partial charge in [-0.05, 0) is 73.1 Å². The van der Waals surface area contributed by atoms with Crippen molar-refractivity contribution in [2.75, 3.05) is 13.2 Å². The van der Waals surface area contributed by atoms with Gasteiger partial charge in [0.25, 0.3) is 5.91 Å². The Morgan fingerprint density at radius 2 is 1.76 bits per heavy atom. The van der Waals surface area contributed by atoms with Crippen LogP contribution in [0.1, 0.15) is 73.0 Å². The monoisotopic (exact) mass is 458 g/mol. The number of benzene rings is 3. The highest BCUT2D eigenvalue weighted by molar-refractivity contribution is 5.95. The first-order valence-electron chi connectivity index (χ1n) is 12.3. The fraction of sp³-hybridized carbons (Fsp3) is 0.379. The largest absolute Gasteiger partial charge is 0.465 e. The van der Waals surface area contributed by atoms with Crippen LogP contribution in [-0.4, -0.2) is 31.1 Å². The molecule has 2 N–H and O–H groups in total. The van der Waals surface area contributed by atoms with Crippen molar-refractivity contribution in [1.29, 1.82) is 0 Å². The van der Waals surface area contributed by atoms with Gasteiger partial charge in [0.05, 0.1) is 6.61 Å². The predicted octanol–water partition coefficient (Wildman–Crippen LogP) is 5.51. The lowest BCUT2D eigenvalue weighted by molar-refractivity contribution is -0.141. The van der Waals surface area contributed by atoms with Gasteiger partial charge in [-0.25, -0.2) is 0 Å². The van der Waals surface area contributed by atoms with Crippen molar-refractivity contribution in [3.63, 3.8) is 0 Å². The summed E-state index contributed by atoms with van der Waals surface area (Å²) in [6, 6.07) is 23.7. The number of carbonyl (C=O) groups is 2. The molecule has 0 aliphatic heterocycles. The second kappa shape index (κ2) is 11.3. The van der Waals surface area contributed by atoms with E-state index in [-0.39, 0.29) is 18.5 Å². The SMILES string of the molecule is CCOC(=O)CNC(=O)c1ccc(C2CCCC(N[C@H](C)c3cccc4ccccc34)C2)cc1. The van der Waals surface area contributed by atoms with Gasteiger partial charge in [0, 0.05) is 17.6 Å². The van der Waals surface area contributed by atoms with E-state index in [0.29, 0.717) is 24.1 Å². The van der Waals surface area contributed by atoms with Crippen molar-refractivity contribution in [3.8, 4) is 0 Å². The molecule has 4 rings (SSSR count). The van der Waals surface area contributed by atoms with E-state index < -0.39 is 5.97 Å². The summed E-state index contributed by atoms with van der Waals surface area (Å²) in [5.74, 6) is -0.208. The molecule has 1 aliphatic carbocycles. The van der Waals surface area contributed by atoms with Gasteiger partial charge in [-0.2, -0.15) is 0 Å². The number of hydrogen-bond donors (Lipinski definition) is 2. The van der Waals surface area contributed by atoms with E-state index in [9.17, 15) is 9.59 Å². The van der Waals surface area contributed by atoms with Crippen LogP contribution in [0.5, 0.6) is 0 Å². The first kappa shape index (κ1) is 24.0. The fourth-order valence-corrected chi connectivity index (χ4v) is 5.09. The number of hydrogen-bond acceptors (Lipinski definition) is 4. The molecule has 3 aromatic carbocycles. The van der Waals surface area contributed by atoms with E-state index >= 15 is 0 Å². The molecule has 5 nitrogen and oxygen atoms in total. The summed E-state index contributed by atoms with van der Waals surface area (Å²) in [6.07, 6.45) is 4.62. The Morgan fingerprint density at radius 3 is 2.56 bits per heavy atom. The van der Waals surface area contributed by atoms with Gasteiger partial charge in [-0.15, -0.1) is 0 Å². The number of rotatable bonds is 8. The third-order valence-corrected chi connectivity index (χ3v) is 6.79. The highest BCUT2D eigenvalue weighted by atomic mass is 16.5. The number of ether oxygens (including phenoxy) is 1. The number of nitrogens with one attached hydrogen (secondary N) is 2. The van der Waals surface area contributed by atoms with Crippen LogP contribution in [0.2, 0.25) is 0 Å². The Hall–Kier alpha value is -3.18. The molecule has 1 amide bonds. The van der Waals surface area contributed by atoms with E-state index in [2.05, 4.69) is 72.2 Å². The van der Waals surface area contributed by atoms with Gasteiger partial charge in [0.2, 0.25) is 0 Å². The first-order valence-corrected chi connectivity index (χ1v) is 12.3. The quantitative estimate of drug-likeness (QED) is 0.437. The topological polar surface area (TPSA) is 67.4 Å². The molecule has 1 fully saturated rings. The molecule has 0 bridgehead atoms. The zero-order valence-corrected chi connectivity index (χ0v) is 20.1. The zero-order chi connectivity index (χ0) is 23.9. The Labute approximate surface area is 201 Å². The molecule has 5 heteroatoms. The van der Waals surface area contributed by atoms with Crippen LogP contribution in [0.15, 0.2) is 66.7 Å². The fourth-order valence-electron chi connectivity index (χ4n) is 5.09. The highest BCUT2D eigenvalue weighted by Gasteiger charge is 2.25. The maximum Gasteiger partial charge on any atom is 0.325 e. The van der Waals surface area contributed by atoms with Gasteiger partial charge in [0.1, 0.15) is 6.54 Å². The molecule has 3 atom stereocenters. The number of esters is 1. The minimum Gasteiger partial charge on any atom is -0.465 e. The van der Waals surface area contributed by atoms with Crippen LogP contribution >= 0.6 is 0 Å². The van der Waals surface area contributed by atoms with Gasteiger partial charge in [0.15, 0.2) is 0 Å². The summed E-state index contributed by atoms with van der Waals surface area (Å²) in [4.78, 5) is 23.8. The van der Waals surface area contributed by atoms with Crippen LogP contribution in [0, 0.1) is 0 Å². The third-order valence-electron chi connectivity index (χ3n) is 6.79. The average Bonchev–Trinajstić information content (AvgIpc) is 2.87. The average molecular weight is 459 g/mol. The molecule has 178 valence electrons. The number of amides is 1. The summed E-state index contributed by atoms with van der Waals surface area (Å²) in [5.41, 5.74) is 3.17. The molecule has 0 saturated heterocycles. The summed E-state index contributed by atoms with van der Waals surface area (Å²) in [5, 5.41) is 9.10. The third kappa shape index (κ3) is 5.84. The van der Waals surface area contributed by atoms with Crippen molar-refractivity contribution in [2.24, 2.45) is 0 Å². The molecule has 1 aliphatic rings. The van der Waals surface area contributed by atoms with E-state index in [4.69, 9.17) is 4.74 Å². The molecular formula is C29H34N2O3. The second-order valence-electron chi connectivity index (χ2n) is 9.13. The van der Waals surface area contributed by atoms with Gasteiger partial charge in [-0.3, -0.25) is 9.59 Å². The lowest BCUT2D eigenvalue weighted by atomic mass is 9.80. The Balaban J connectivity index is 1.36. The van der Waals surface area contributed by atoms with Gasteiger partial charge in [-0.1, -0.05) is 61.0 Å². The summed E-state index contributed by atoms with van der Waals surface area (Å²) < 4.78 is 4.85. The van der Waals surface area contributed by atoms with Crippen LogP contribution in [0.4, 0.5) is 0 Å². The second-order valence-corrected chi connectivity index (χ2v) is 9.13. The molecule has 0 heterocycles. The van der Waals surface area contributed by atoms with Gasteiger partial charge < -0.3 is 15.4 Å². The van der Waals surface area contributed by atoms with Crippen molar-refractivity contribution in [1.82, 2.24) is 10.6 Å². The molecule has 0 spiro atoms. The van der Waals surface area contributed by atoms with Crippen LogP contribution < -0.4 is 10.6 Å². The summed E-state index contributed by atoms with van der Waals surface area (Å²) >= 11 is 0. The van der Waals surface area contributed by atoms with Crippen molar-refractivity contribution in [3.05, 3.63) is 83.4 Å². The molecule has 0 aromatic heterocycles. The molecular weight excluding hydrogens is 424 g/mol. The standard InChI is InChI=1S/C29H34N2O3/c1-3-34-28(32)19-30-29(33)23-16-14-21(15-17-23)24-10-6-11-25(18-24)31-20(2)26-13-7-9-22-8-4-5-12-27(22)26/h4-5,7-9,12-17,20,24-25,31H,3,6,10-11,18-19H2,1-2H3,(H,30,33)/t20-,24?,25?/m1/s1.